The maximum Gasteiger partial charge on any atom is 0.120 e. The van der Waals surface area contributed by atoms with Crippen molar-refractivity contribution in [2.75, 3.05) is 13.2 Å². The van der Waals surface area contributed by atoms with E-state index in [2.05, 4.69) is 0 Å². The molecule has 1 aromatic rings. The molecule has 88 valence electrons. The van der Waals surface area contributed by atoms with E-state index in [0.29, 0.717) is 0 Å². The molecule has 0 radical (unpaired) electrons. The maximum absolute atomic E-state index is 9.48. The summed E-state index contributed by atoms with van der Waals surface area (Å²) in [5.41, 5.74) is 0.893. The van der Waals surface area contributed by atoms with Gasteiger partial charge in [0, 0.05) is 12.8 Å². The standard InChI is InChI=1S/C13H18O3/c1-10(14)11-3-2-4-13(9-11)16-12-5-7-15-8-6-12/h2-4,9-10,12,14H,5-8H2,1H3/t10-/m1/s1. The Balaban J connectivity index is 2.00. The molecule has 1 aliphatic rings. The highest BCUT2D eigenvalue weighted by Gasteiger charge is 2.15. The summed E-state index contributed by atoms with van der Waals surface area (Å²) in [7, 11) is 0. The Labute approximate surface area is 96.0 Å². The highest BCUT2D eigenvalue weighted by Crippen LogP contribution is 2.22. The second-order valence-electron chi connectivity index (χ2n) is 4.18. The number of aliphatic hydroxyl groups is 1. The molecule has 1 N–H and O–H groups in total. The fourth-order valence-electron chi connectivity index (χ4n) is 1.83. The molecule has 0 aromatic heterocycles. The Morgan fingerprint density at radius 2 is 2.12 bits per heavy atom. The lowest BCUT2D eigenvalue weighted by Gasteiger charge is -2.23. The molecule has 0 bridgehead atoms. The summed E-state index contributed by atoms with van der Waals surface area (Å²) < 4.78 is 11.1. The topological polar surface area (TPSA) is 38.7 Å². The minimum absolute atomic E-state index is 0.248. The highest BCUT2D eigenvalue weighted by molar-refractivity contribution is 5.29. The fraction of sp³-hybridized carbons (Fsp3) is 0.538. The van der Waals surface area contributed by atoms with E-state index in [1.54, 1.807) is 6.92 Å². The van der Waals surface area contributed by atoms with E-state index < -0.39 is 6.10 Å². The normalized spacial score (nSPS) is 19.4. The molecule has 1 aliphatic heterocycles. The average molecular weight is 222 g/mol. The summed E-state index contributed by atoms with van der Waals surface area (Å²) in [6, 6.07) is 7.65. The molecule has 0 aliphatic carbocycles. The van der Waals surface area contributed by atoms with Crippen molar-refractivity contribution in [1.29, 1.82) is 0 Å². The van der Waals surface area contributed by atoms with Crippen LogP contribution in [0, 0.1) is 0 Å². The molecule has 0 amide bonds. The zero-order chi connectivity index (χ0) is 11.4. The number of hydrogen-bond acceptors (Lipinski definition) is 3. The summed E-state index contributed by atoms with van der Waals surface area (Å²) in [5.74, 6) is 0.838. The molecule has 3 nitrogen and oxygen atoms in total. The summed E-state index contributed by atoms with van der Waals surface area (Å²) in [6.07, 6.45) is 1.69. The van der Waals surface area contributed by atoms with E-state index in [1.165, 1.54) is 0 Å². The molecule has 1 fully saturated rings. The lowest BCUT2D eigenvalue weighted by Crippen LogP contribution is -2.25. The first-order valence-corrected chi connectivity index (χ1v) is 5.78. The molecular weight excluding hydrogens is 204 g/mol. The van der Waals surface area contributed by atoms with Crippen LogP contribution in [-0.4, -0.2) is 24.4 Å². The fourth-order valence-corrected chi connectivity index (χ4v) is 1.83. The van der Waals surface area contributed by atoms with Crippen molar-refractivity contribution in [1.82, 2.24) is 0 Å². The quantitative estimate of drug-likeness (QED) is 0.852. The van der Waals surface area contributed by atoms with Gasteiger partial charge in [0.2, 0.25) is 0 Å². The largest absolute Gasteiger partial charge is 0.490 e. The van der Waals surface area contributed by atoms with Crippen molar-refractivity contribution in [3.63, 3.8) is 0 Å². The average Bonchev–Trinajstić information content (AvgIpc) is 2.30. The van der Waals surface area contributed by atoms with Gasteiger partial charge in [0.1, 0.15) is 11.9 Å². The van der Waals surface area contributed by atoms with Gasteiger partial charge in [-0.3, -0.25) is 0 Å². The van der Waals surface area contributed by atoms with Crippen LogP contribution in [0.15, 0.2) is 24.3 Å². The Morgan fingerprint density at radius 1 is 1.38 bits per heavy atom. The first-order chi connectivity index (χ1) is 7.75. The van der Waals surface area contributed by atoms with Gasteiger partial charge in [-0.2, -0.15) is 0 Å². The van der Waals surface area contributed by atoms with Gasteiger partial charge in [0.15, 0.2) is 0 Å². The third kappa shape index (κ3) is 2.97. The Bertz CT molecular complexity index is 330. The van der Waals surface area contributed by atoms with Crippen LogP contribution in [0.5, 0.6) is 5.75 Å². The van der Waals surface area contributed by atoms with Crippen molar-refractivity contribution in [2.45, 2.75) is 32.0 Å². The molecule has 1 heterocycles. The van der Waals surface area contributed by atoms with Gasteiger partial charge < -0.3 is 14.6 Å². The second-order valence-corrected chi connectivity index (χ2v) is 4.18. The van der Waals surface area contributed by atoms with Crippen LogP contribution in [0.25, 0.3) is 0 Å². The zero-order valence-corrected chi connectivity index (χ0v) is 9.56. The van der Waals surface area contributed by atoms with Crippen LogP contribution in [0.2, 0.25) is 0 Å². The van der Waals surface area contributed by atoms with Gasteiger partial charge in [-0.05, 0) is 24.6 Å². The monoisotopic (exact) mass is 222 g/mol. The minimum atomic E-state index is -0.446. The van der Waals surface area contributed by atoms with E-state index in [-0.39, 0.29) is 6.10 Å². The van der Waals surface area contributed by atoms with Crippen LogP contribution >= 0.6 is 0 Å². The Hall–Kier alpha value is -1.06. The Kier molecular flexibility index (Phi) is 3.80. The summed E-state index contributed by atoms with van der Waals surface area (Å²) in [5, 5.41) is 9.48. The van der Waals surface area contributed by atoms with Crippen molar-refractivity contribution in [2.24, 2.45) is 0 Å². The predicted molar refractivity (Wildman–Crippen MR) is 61.5 cm³/mol. The smallest absolute Gasteiger partial charge is 0.120 e. The van der Waals surface area contributed by atoms with E-state index >= 15 is 0 Å². The molecular formula is C13H18O3. The SMILES string of the molecule is C[C@@H](O)c1cccc(OC2CCOCC2)c1. The van der Waals surface area contributed by atoms with Gasteiger partial charge >= 0.3 is 0 Å². The third-order valence-corrected chi connectivity index (χ3v) is 2.81. The zero-order valence-electron chi connectivity index (χ0n) is 9.56. The van der Waals surface area contributed by atoms with Crippen LogP contribution in [0.3, 0.4) is 0 Å². The van der Waals surface area contributed by atoms with Gasteiger partial charge in [-0.15, -0.1) is 0 Å². The predicted octanol–water partition coefficient (Wildman–Crippen LogP) is 2.30. The van der Waals surface area contributed by atoms with Crippen LogP contribution in [0.1, 0.15) is 31.4 Å². The number of ether oxygens (including phenoxy) is 2. The van der Waals surface area contributed by atoms with E-state index in [1.807, 2.05) is 24.3 Å². The molecule has 0 unspecified atom stereocenters. The first-order valence-electron chi connectivity index (χ1n) is 5.78. The second kappa shape index (κ2) is 5.32. The van der Waals surface area contributed by atoms with Crippen LogP contribution < -0.4 is 4.74 Å². The molecule has 16 heavy (non-hydrogen) atoms. The molecule has 1 aromatic carbocycles. The van der Waals surface area contributed by atoms with E-state index in [0.717, 1.165) is 37.4 Å². The van der Waals surface area contributed by atoms with Crippen molar-refractivity contribution in [3.8, 4) is 5.75 Å². The Morgan fingerprint density at radius 3 is 2.81 bits per heavy atom. The van der Waals surface area contributed by atoms with Crippen LogP contribution in [0.4, 0.5) is 0 Å². The van der Waals surface area contributed by atoms with Gasteiger partial charge in [-0.1, -0.05) is 12.1 Å². The number of rotatable bonds is 3. The van der Waals surface area contributed by atoms with Crippen molar-refractivity contribution in [3.05, 3.63) is 29.8 Å². The lowest BCUT2D eigenvalue weighted by molar-refractivity contribution is 0.0254. The number of hydrogen-bond donors (Lipinski definition) is 1. The van der Waals surface area contributed by atoms with Crippen LogP contribution in [-0.2, 0) is 4.74 Å². The van der Waals surface area contributed by atoms with E-state index in [4.69, 9.17) is 9.47 Å². The third-order valence-electron chi connectivity index (χ3n) is 2.81. The number of benzene rings is 1. The summed E-state index contributed by atoms with van der Waals surface area (Å²) in [4.78, 5) is 0. The van der Waals surface area contributed by atoms with Gasteiger partial charge in [-0.25, -0.2) is 0 Å². The highest BCUT2D eigenvalue weighted by atomic mass is 16.5. The molecule has 0 saturated carbocycles. The minimum Gasteiger partial charge on any atom is -0.490 e. The number of aliphatic hydroxyl groups excluding tert-OH is 1. The van der Waals surface area contributed by atoms with Crippen molar-refractivity contribution < 1.29 is 14.6 Å². The van der Waals surface area contributed by atoms with Gasteiger partial charge in [0.05, 0.1) is 19.3 Å². The molecule has 3 heteroatoms. The summed E-state index contributed by atoms with van der Waals surface area (Å²) >= 11 is 0. The maximum atomic E-state index is 9.48. The molecule has 2 rings (SSSR count). The molecule has 1 atom stereocenters. The van der Waals surface area contributed by atoms with Crippen molar-refractivity contribution >= 4 is 0 Å². The lowest BCUT2D eigenvalue weighted by atomic mass is 10.1. The van der Waals surface area contributed by atoms with E-state index in [9.17, 15) is 5.11 Å². The first kappa shape index (κ1) is 11.4. The molecule has 1 saturated heterocycles. The van der Waals surface area contributed by atoms with Gasteiger partial charge in [0.25, 0.3) is 0 Å². The molecule has 0 spiro atoms. The summed E-state index contributed by atoms with van der Waals surface area (Å²) in [6.45, 7) is 3.31.